The first-order valence-corrected chi connectivity index (χ1v) is 4.28. The molecule has 0 radical (unpaired) electrons. The van der Waals surface area contributed by atoms with E-state index in [0.717, 1.165) is 0 Å². The summed E-state index contributed by atoms with van der Waals surface area (Å²) in [5.41, 5.74) is 0. The highest BCUT2D eigenvalue weighted by atomic mass is 16.6. The van der Waals surface area contributed by atoms with Gasteiger partial charge in [0, 0.05) is 26.1 Å². The minimum absolute atomic E-state index is 0.0610. The fourth-order valence-corrected chi connectivity index (χ4v) is 0.797. The molecule has 4 nitrogen and oxygen atoms in total. The van der Waals surface area contributed by atoms with Crippen LogP contribution in [-0.4, -0.2) is 42.4 Å². The Labute approximate surface area is 73.1 Å². The summed E-state index contributed by atoms with van der Waals surface area (Å²) in [5.74, 6) is 0. The fourth-order valence-electron chi connectivity index (χ4n) is 0.797. The van der Waals surface area contributed by atoms with Crippen LogP contribution in [0.5, 0.6) is 0 Å². The molecule has 72 valence electrons. The summed E-state index contributed by atoms with van der Waals surface area (Å²) in [6.07, 6.45) is 0.209. The summed E-state index contributed by atoms with van der Waals surface area (Å²) in [6.45, 7) is 5.48. The number of hydrogen-bond acceptors (Lipinski definition) is 3. The lowest BCUT2D eigenvalue weighted by Crippen LogP contribution is -2.31. The number of aliphatic hydroxyl groups is 1. The molecule has 0 aliphatic heterocycles. The SMILES string of the molecule is CCN(CC)C(=O)OCCCO. The molecule has 0 aromatic carbocycles. The number of aliphatic hydroxyl groups excluding tert-OH is 1. The third-order valence-corrected chi connectivity index (χ3v) is 1.55. The van der Waals surface area contributed by atoms with E-state index in [2.05, 4.69) is 0 Å². The van der Waals surface area contributed by atoms with Gasteiger partial charge < -0.3 is 14.7 Å². The molecular formula is C8H17NO3. The topological polar surface area (TPSA) is 49.8 Å². The zero-order chi connectivity index (χ0) is 9.40. The van der Waals surface area contributed by atoms with Gasteiger partial charge in [-0.05, 0) is 13.8 Å². The number of nitrogens with zero attached hydrogens (tertiary/aromatic N) is 1. The van der Waals surface area contributed by atoms with E-state index >= 15 is 0 Å². The Morgan fingerprint density at radius 1 is 1.42 bits per heavy atom. The molecule has 0 aliphatic rings. The Balaban J connectivity index is 3.54. The Morgan fingerprint density at radius 2 is 2.00 bits per heavy atom. The number of carbonyl (C=O) groups is 1. The highest BCUT2D eigenvalue weighted by molar-refractivity contribution is 5.67. The van der Waals surface area contributed by atoms with Gasteiger partial charge in [0.1, 0.15) is 0 Å². The van der Waals surface area contributed by atoms with E-state index in [1.807, 2.05) is 13.8 Å². The van der Waals surface area contributed by atoms with Crippen LogP contribution in [0, 0.1) is 0 Å². The van der Waals surface area contributed by atoms with Crippen molar-refractivity contribution in [1.82, 2.24) is 4.90 Å². The van der Waals surface area contributed by atoms with Crippen molar-refractivity contribution in [3.05, 3.63) is 0 Å². The molecule has 0 unspecified atom stereocenters. The van der Waals surface area contributed by atoms with Crippen molar-refractivity contribution < 1.29 is 14.6 Å². The first-order chi connectivity index (χ1) is 5.76. The lowest BCUT2D eigenvalue weighted by molar-refractivity contribution is 0.0991. The normalized spacial score (nSPS) is 9.58. The molecule has 12 heavy (non-hydrogen) atoms. The van der Waals surface area contributed by atoms with Crippen LogP contribution in [0.3, 0.4) is 0 Å². The Kier molecular flexibility index (Phi) is 6.47. The first kappa shape index (κ1) is 11.2. The predicted molar refractivity (Wildman–Crippen MR) is 46.0 cm³/mol. The maximum atomic E-state index is 11.1. The number of ether oxygens (including phenoxy) is 1. The van der Waals surface area contributed by atoms with Gasteiger partial charge in [-0.1, -0.05) is 0 Å². The van der Waals surface area contributed by atoms with Crippen LogP contribution < -0.4 is 0 Å². The van der Waals surface area contributed by atoms with Crippen LogP contribution in [0.25, 0.3) is 0 Å². The van der Waals surface area contributed by atoms with Gasteiger partial charge in [0.05, 0.1) is 6.61 Å². The fraction of sp³-hybridized carbons (Fsp3) is 0.875. The molecule has 0 heterocycles. The number of carbonyl (C=O) groups excluding carboxylic acids is 1. The van der Waals surface area contributed by atoms with E-state index in [0.29, 0.717) is 26.1 Å². The molecule has 0 atom stereocenters. The summed E-state index contributed by atoms with van der Waals surface area (Å²) in [7, 11) is 0. The average molecular weight is 175 g/mol. The summed E-state index contributed by atoms with van der Waals surface area (Å²) < 4.78 is 4.85. The molecule has 0 bridgehead atoms. The molecule has 0 saturated carbocycles. The molecule has 0 aliphatic carbocycles. The summed E-state index contributed by atoms with van der Waals surface area (Å²) >= 11 is 0. The maximum absolute atomic E-state index is 11.1. The molecule has 0 aromatic rings. The van der Waals surface area contributed by atoms with Crippen molar-refractivity contribution in [3.63, 3.8) is 0 Å². The van der Waals surface area contributed by atoms with E-state index in [1.54, 1.807) is 4.90 Å². The van der Waals surface area contributed by atoms with Crippen molar-refractivity contribution in [2.45, 2.75) is 20.3 Å². The summed E-state index contributed by atoms with van der Waals surface area (Å²) in [6, 6.07) is 0. The monoisotopic (exact) mass is 175 g/mol. The van der Waals surface area contributed by atoms with E-state index in [1.165, 1.54) is 0 Å². The van der Waals surface area contributed by atoms with Crippen molar-refractivity contribution in [2.24, 2.45) is 0 Å². The minimum Gasteiger partial charge on any atom is -0.449 e. The lowest BCUT2D eigenvalue weighted by atomic mass is 10.5. The standard InChI is InChI=1S/C8H17NO3/c1-3-9(4-2)8(11)12-7-5-6-10/h10H,3-7H2,1-2H3. The van der Waals surface area contributed by atoms with Gasteiger partial charge in [-0.15, -0.1) is 0 Å². The van der Waals surface area contributed by atoms with Crippen LogP contribution in [0.4, 0.5) is 4.79 Å². The zero-order valence-electron chi connectivity index (χ0n) is 7.75. The molecule has 0 aromatic heterocycles. The Bertz CT molecular complexity index is 123. The summed E-state index contributed by atoms with van der Waals surface area (Å²) in [5, 5.41) is 8.43. The van der Waals surface area contributed by atoms with Gasteiger partial charge >= 0.3 is 6.09 Å². The van der Waals surface area contributed by atoms with Crippen LogP contribution in [0.2, 0.25) is 0 Å². The van der Waals surface area contributed by atoms with Gasteiger partial charge in [0.2, 0.25) is 0 Å². The number of hydrogen-bond donors (Lipinski definition) is 1. The van der Waals surface area contributed by atoms with Crippen LogP contribution >= 0.6 is 0 Å². The Hall–Kier alpha value is -0.770. The third kappa shape index (κ3) is 4.18. The first-order valence-electron chi connectivity index (χ1n) is 4.28. The van der Waals surface area contributed by atoms with Crippen molar-refractivity contribution in [2.75, 3.05) is 26.3 Å². The molecule has 0 rings (SSSR count). The third-order valence-electron chi connectivity index (χ3n) is 1.55. The zero-order valence-corrected chi connectivity index (χ0v) is 7.75. The van der Waals surface area contributed by atoms with E-state index in [4.69, 9.17) is 9.84 Å². The van der Waals surface area contributed by atoms with Crippen molar-refractivity contribution in [1.29, 1.82) is 0 Å². The van der Waals surface area contributed by atoms with Crippen molar-refractivity contribution in [3.8, 4) is 0 Å². The largest absolute Gasteiger partial charge is 0.449 e. The summed E-state index contributed by atoms with van der Waals surface area (Å²) in [4.78, 5) is 12.7. The Morgan fingerprint density at radius 3 is 2.42 bits per heavy atom. The molecule has 1 amide bonds. The quantitative estimate of drug-likeness (QED) is 0.630. The van der Waals surface area contributed by atoms with Crippen LogP contribution in [0.15, 0.2) is 0 Å². The second-order valence-electron chi connectivity index (χ2n) is 2.36. The van der Waals surface area contributed by atoms with Gasteiger partial charge in [0.25, 0.3) is 0 Å². The molecule has 1 N–H and O–H groups in total. The van der Waals surface area contributed by atoms with Crippen LogP contribution in [0.1, 0.15) is 20.3 Å². The van der Waals surface area contributed by atoms with Crippen molar-refractivity contribution >= 4 is 6.09 Å². The average Bonchev–Trinajstić information content (AvgIpc) is 2.07. The van der Waals surface area contributed by atoms with E-state index < -0.39 is 0 Å². The van der Waals surface area contributed by atoms with Crippen LogP contribution in [-0.2, 0) is 4.74 Å². The lowest BCUT2D eigenvalue weighted by Gasteiger charge is -2.17. The van der Waals surface area contributed by atoms with Gasteiger partial charge in [-0.2, -0.15) is 0 Å². The molecule has 0 spiro atoms. The van der Waals surface area contributed by atoms with E-state index in [9.17, 15) is 4.79 Å². The second kappa shape index (κ2) is 6.91. The number of amides is 1. The smallest absolute Gasteiger partial charge is 0.409 e. The van der Waals surface area contributed by atoms with Gasteiger partial charge in [0.15, 0.2) is 0 Å². The molecule has 0 saturated heterocycles. The molecule has 0 fully saturated rings. The highest BCUT2D eigenvalue weighted by Crippen LogP contribution is 1.93. The van der Waals surface area contributed by atoms with Gasteiger partial charge in [-0.3, -0.25) is 0 Å². The molecule has 4 heteroatoms. The maximum Gasteiger partial charge on any atom is 0.409 e. The van der Waals surface area contributed by atoms with Gasteiger partial charge in [-0.25, -0.2) is 4.79 Å². The minimum atomic E-state index is -0.298. The molecular weight excluding hydrogens is 158 g/mol. The second-order valence-corrected chi connectivity index (χ2v) is 2.36. The van der Waals surface area contributed by atoms with E-state index in [-0.39, 0.29) is 12.7 Å². The highest BCUT2D eigenvalue weighted by Gasteiger charge is 2.09. The number of rotatable bonds is 5. The predicted octanol–water partition coefficient (Wildman–Crippen LogP) is 0.847.